The number of azo groups is 2. The van der Waals surface area contributed by atoms with Crippen LogP contribution in [0.2, 0.25) is 0 Å². The van der Waals surface area contributed by atoms with Gasteiger partial charge in [-0.2, -0.15) is 55.5 Å². The Balaban J connectivity index is 1.12. The Morgan fingerprint density at radius 1 is 0.615 bits per heavy atom. The molecule has 0 aliphatic rings. The fourth-order valence-corrected chi connectivity index (χ4v) is 8.99. The molecular weight excluding hydrogens is 935 g/mol. The van der Waals surface area contributed by atoms with Gasteiger partial charge in [-0.3, -0.25) is 13.7 Å². The number of anilines is 5. The largest absolute Gasteiger partial charge is 0.479 e. The second-order valence-electron chi connectivity index (χ2n) is 13.4. The zero-order chi connectivity index (χ0) is 47.0. The maximum Gasteiger partial charge on any atom is 0.320 e. The SMILES string of the molecule is Cc1cc(Nc2nc(O)nc(Nc3ccc(/N=N/c4cc(S(=O)O)c5cccc(S(=O)(=O)O)c5c4)c(NC(N)=O)c3)n2)ccc1/N=N/c1cc(S(=O)(=O)O)c2cccc(S(=O)(=O)O)c2c1. The summed E-state index contributed by atoms with van der Waals surface area (Å²) in [6.45, 7) is 1.65. The van der Waals surface area contributed by atoms with Crippen molar-refractivity contribution in [1.29, 1.82) is 0 Å². The fourth-order valence-electron chi connectivity index (χ4n) is 6.28. The number of aryl methyl sites for hydroxylation is 1. The first kappa shape index (κ1) is 45.6. The first-order valence-corrected chi connectivity index (χ1v) is 23.3. The van der Waals surface area contributed by atoms with E-state index >= 15 is 0 Å². The van der Waals surface area contributed by atoms with E-state index in [4.69, 9.17) is 5.73 Å². The molecule has 7 rings (SSSR count). The Morgan fingerprint density at radius 2 is 1.12 bits per heavy atom. The summed E-state index contributed by atoms with van der Waals surface area (Å²) in [4.78, 5) is 21.9. The Morgan fingerprint density at radius 3 is 1.66 bits per heavy atom. The van der Waals surface area contributed by atoms with E-state index in [2.05, 4.69) is 51.4 Å². The predicted molar refractivity (Wildman–Crippen MR) is 234 cm³/mol. The van der Waals surface area contributed by atoms with Crippen LogP contribution in [0, 0.1) is 6.92 Å². The second kappa shape index (κ2) is 17.6. The minimum atomic E-state index is -4.88. The molecule has 0 bridgehead atoms. The molecule has 24 nitrogen and oxygen atoms in total. The summed E-state index contributed by atoms with van der Waals surface area (Å²) in [5.74, 6) is -0.331. The average Bonchev–Trinajstić information content (AvgIpc) is 3.20. The molecule has 0 radical (unpaired) electrons. The number of amides is 2. The Labute approximate surface area is 369 Å². The van der Waals surface area contributed by atoms with Crippen LogP contribution in [0.15, 0.2) is 137 Å². The standard InChI is InChI=1S/C37H29N11O13S4/c1-18-12-19(8-10-27(18)47-46-22-14-26-24(33(17-22)65(59,60)61)5-3-7-32(26)64(56,57)58)39-35-42-36(44-37(50)43-35)40-20-9-11-28(29(15-20)41-34(38)49)48-45-21-13-25-23(30(16-21)62(51)52)4-2-6-31(25)63(53,54)55/h2-17H,1H3,(H,51,52)(H3,38,41,49)(H,53,54,55)(H,56,57,58)(H,59,60,61)(H3,39,40,42,43,44,50)/b47-46+,48-45+. The Hall–Kier alpha value is -7.44. The molecule has 2 amide bonds. The Bertz CT molecular complexity index is 3560. The molecule has 0 saturated carbocycles. The molecule has 65 heavy (non-hydrogen) atoms. The first-order valence-electron chi connectivity index (χ1n) is 17.8. The van der Waals surface area contributed by atoms with Crippen LogP contribution in [0.4, 0.5) is 56.5 Å². The molecule has 0 fully saturated rings. The van der Waals surface area contributed by atoms with Crippen LogP contribution in [0.25, 0.3) is 21.5 Å². The van der Waals surface area contributed by atoms with Crippen molar-refractivity contribution in [3.8, 4) is 6.01 Å². The topological polar surface area (TPSA) is 388 Å². The third-order valence-electron chi connectivity index (χ3n) is 8.96. The lowest BCUT2D eigenvalue weighted by Gasteiger charge is -2.12. The number of urea groups is 1. The number of nitrogens with two attached hydrogens (primary N) is 1. The Kier molecular flexibility index (Phi) is 12.4. The molecule has 1 atom stereocenters. The molecule has 1 aromatic heterocycles. The van der Waals surface area contributed by atoms with Gasteiger partial charge >= 0.3 is 12.0 Å². The number of benzene rings is 6. The van der Waals surface area contributed by atoms with Gasteiger partial charge in [0.1, 0.15) is 20.4 Å². The number of fused-ring (bicyclic) bond motifs is 2. The van der Waals surface area contributed by atoms with Gasteiger partial charge in [0, 0.05) is 32.9 Å². The van der Waals surface area contributed by atoms with Gasteiger partial charge in [-0.15, -0.1) is 5.11 Å². The van der Waals surface area contributed by atoms with E-state index in [1.54, 1.807) is 13.0 Å². The zero-order valence-corrected chi connectivity index (χ0v) is 35.8. The smallest absolute Gasteiger partial charge is 0.320 e. The van der Waals surface area contributed by atoms with Gasteiger partial charge in [-0.25, -0.2) is 9.00 Å². The van der Waals surface area contributed by atoms with E-state index < -0.39 is 68.2 Å². The summed E-state index contributed by atoms with van der Waals surface area (Å²) in [6, 6.07) is 18.9. The molecule has 7 aromatic rings. The number of aromatic nitrogens is 3. The lowest BCUT2D eigenvalue weighted by molar-refractivity contribution is 0.259. The molecule has 334 valence electrons. The highest BCUT2D eigenvalue weighted by Gasteiger charge is 2.22. The van der Waals surface area contributed by atoms with Crippen LogP contribution in [-0.2, 0) is 41.4 Å². The highest BCUT2D eigenvalue weighted by Crippen LogP contribution is 2.37. The van der Waals surface area contributed by atoms with Crippen molar-refractivity contribution < 1.29 is 57.6 Å². The van der Waals surface area contributed by atoms with Gasteiger partial charge in [0.2, 0.25) is 11.9 Å². The minimum absolute atomic E-state index is 0.00906. The van der Waals surface area contributed by atoms with Gasteiger partial charge in [0.15, 0.2) is 11.1 Å². The maximum atomic E-state index is 12.2. The highest BCUT2D eigenvalue weighted by atomic mass is 32.2. The van der Waals surface area contributed by atoms with Crippen molar-refractivity contribution in [3.63, 3.8) is 0 Å². The molecule has 0 saturated heterocycles. The van der Waals surface area contributed by atoms with E-state index in [1.807, 2.05) is 0 Å². The van der Waals surface area contributed by atoms with E-state index in [1.165, 1.54) is 72.8 Å². The van der Waals surface area contributed by atoms with E-state index in [9.17, 15) is 57.6 Å². The van der Waals surface area contributed by atoms with Crippen molar-refractivity contribution in [2.24, 2.45) is 26.2 Å². The van der Waals surface area contributed by atoms with Gasteiger partial charge < -0.3 is 31.3 Å². The summed E-state index contributed by atoms with van der Waals surface area (Å²) >= 11 is -2.61. The molecule has 28 heteroatoms. The van der Waals surface area contributed by atoms with Crippen LogP contribution >= 0.6 is 0 Å². The summed E-state index contributed by atoms with van der Waals surface area (Å²) in [5, 5.41) is 34.3. The quantitative estimate of drug-likeness (QED) is 0.0310. The summed E-state index contributed by atoms with van der Waals surface area (Å²) in [6.07, 6.45) is 0. The third kappa shape index (κ3) is 10.5. The monoisotopic (exact) mass is 963 g/mol. The van der Waals surface area contributed by atoms with Gasteiger partial charge in [0.05, 0.1) is 27.6 Å². The number of hydrogen-bond donors (Lipinski definition) is 9. The second-order valence-corrected chi connectivity index (χ2v) is 18.5. The lowest BCUT2D eigenvalue weighted by Crippen LogP contribution is -2.19. The van der Waals surface area contributed by atoms with E-state index in [0.717, 1.165) is 18.2 Å². The van der Waals surface area contributed by atoms with Crippen molar-refractivity contribution >= 4 is 121 Å². The molecule has 0 aliphatic heterocycles. The molecule has 0 spiro atoms. The van der Waals surface area contributed by atoms with Gasteiger partial charge in [-0.05, 0) is 85.3 Å². The van der Waals surface area contributed by atoms with Crippen molar-refractivity contribution in [3.05, 3.63) is 103 Å². The fraction of sp³-hybridized carbons (Fsp3) is 0.0270. The van der Waals surface area contributed by atoms with Crippen molar-refractivity contribution in [1.82, 2.24) is 15.0 Å². The van der Waals surface area contributed by atoms with Crippen LogP contribution in [0.5, 0.6) is 6.01 Å². The third-order valence-corrected chi connectivity index (χ3v) is 12.4. The highest BCUT2D eigenvalue weighted by molar-refractivity contribution is 7.86. The molecule has 10 N–H and O–H groups in total. The average molecular weight is 964 g/mol. The normalized spacial score (nSPS) is 12.8. The van der Waals surface area contributed by atoms with Crippen LogP contribution in [0.1, 0.15) is 5.56 Å². The zero-order valence-electron chi connectivity index (χ0n) is 32.6. The molecule has 1 heterocycles. The van der Waals surface area contributed by atoms with Gasteiger partial charge in [0.25, 0.3) is 30.4 Å². The van der Waals surface area contributed by atoms with E-state index in [-0.39, 0.29) is 72.5 Å². The molecular formula is C37H29N11O13S4. The van der Waals surface area contributed by atoms with Gasteiger partial charge in [-0.1, -0.05) is 24.3 Å². The molecule has 0 aliphatic carbocycles. The minimum Gasteiger partial charge on any atom is -0.479 e. The summed E-state index contributed by atoms with van der Waals surface area (Å²) in [5.41, 5.74) is 6.50. The van der Waals surface area contributed by atoms with Crippen LogP contribution < -0.4 is 21.7 Å². The first-order chi connectivity index (χ1) is 30.5. The number of hydrogen-bond acceptors (Lipinski definition) is 18. The maximum absolute atomic E-state index is 12.2. The summed E-state index contributed by atoms with van der Waals surface area (Å²) in [7, 11) is -14.4. The molecule has 6 aromatic carbocycles. The lowest BCUT2D eigenvalue weighted by atomic mass is 10.1. The predicted octanol–water partition coefficient (Wildman–Crippen LogP) is 7.32. The van der Waals surface area contributed by atoms with Crippen molar-refractivity contribution in [2.75, 3.05) is 16.0 Å². The van der Waals surface area contributed by atoms with Crippen LogP contribution in [-0.4, -0.2) is 73.8 Å². The number of carbonyl (C=O) groups is 1. The number of primary amides is 1. The number of nitrogens with zero attached hydrogens (tertiary/aromatic N) is 7. The number of aromatic hydroxyl groups is 1. The molecule has 1 unspecified atom stereocenters. The number of nitrogens with one attached hydrogen (secondary N) is 3. The van der Waals surface area contributed by atoms with Crippen molar-refractivity contribution in [2.45, 2.75) is 26.5 Å². The summed E-state index contributed by atoms with van der Waals surface area (Å²) < 4.78 is 124. The number of rotatable bonds is 13. The van der Waals surface area contributed by atoms with Crippen LogP contribution in [0.3, 0.4) is 0 Å². The van der Waals surface area contributed by atoms with E-state index in [0.29, 0.717) is 11.3 Å². The number of carbonyl (C=O) groups excluding carboxylic acids is 1.